The molecule has 1 aromatic heterocycles. The minimum Gasteiger partial charge on any atom is -0.493 e. The number of nitro benzene ring substituents is 1. The molecule has 0 radical (unpaired) electrons. The quantitative estimate of drug-likeness (QED) is 0.188. The second-order valence-corrected chi connectivity index (χ2v) is 8.57. The number of hydrazone groups is 1. The minimum atomic E-state index is -0.993. The number of benzene rings is 3. The largest absolute Gasteiger partial charge is 0.493 e. The van der Waals surface area contributed by atoms with Gasteiger partial charge in [0.2, 0.25) is 0 Å². The van der Waals surface area contributed by atoms with Crippen molar-refractivity contribution in [1.29, 1.82) is 0 Å². The van der Waals surface area contributed by atoms with Crippen molar-refractivity contribution < 1.29 is 29.1 Å². The van der Waals surface area contributed by atoms with Gasteiger partial charge in [-0.25, -0.2) is 10.2 Å². The second kappa shape index (κ2) is 10.7. The number of ether oxygens (including phenoxy) is 2. The maximum absolute atomic E-state index is 12.5. The first-order chi connectivity index (χ1) is 17.3. The molecule has 0 fully saturated rings. The summed E-state index contributed by atoms with van der Waals surface area (Å²) in [6.45, 7) is 0.220. The van der Waals surface area contributed by atoms with Gasteiger partial charge >= 0.3 is 5.97 Å². The van der Waals surface area contributed by atoms with Crippen molar-refractivity contribution in [2.75, 3.05) is 7.11 Å². The van der Waals surface area contributed by atoms with Crippen molar-refractivity contribution >= 4 is 45.2 Å². The molecule has 0 aliphatic heterocycles. The molecule has 0 unspecified atom stereocenters. The number of hydrogen-bond acceptors (Lipinski definition) is 8. The molecule has 0 spiro atoms. The van der Waals surface area contributed by atoms with Gasteiger partial charge < -0.3 is 14.6 Å². The number of amides is 1. The zero-order valence-corrected chi connectivity index (χ0v) is 19.7. The predicted molar refractivity (Wildman–Crippen MR) is 134 cm³/mol. The number of nitro groups is 1. The Morgan fingerprint density at radius 2 is 1.86 bits per heavy atom. The summed E-state index contributed by atoms with van der Waals surface area (Å²) in [7, 11) is 1.50. The summed E-state index contributed by atoms with van der Waals surface area (Å²) < 4.78 is 11.9. The highest BCUT2D eigenvalue weighted by atomic mass is 32.1. The summed E-state index contributed by atoms with van der Waals surface area (Å²) in [5.41, 5.74) is 4.06. The monoisotopic (exact) mass is 505 g/mol. The lowest BCUT2D eigenvalue weighted by Crippen LogP contribution is -2.16. The van der Waals surface area contributed by atoms with Gasteiger partial charge in [-0.1, -0.05) is 12.1 Å². The number of carboxylic acid groups (broad SMARTS) is 1. The number of rotatable bonds is 9. The Labute approximate surface area is 208 Å². The van der Waals surface area contributed by atoms with E-state index in [-0.39, 0.29) is 17.9 Å². The number of methoxy groups -OCH3 is 1. The van der Waals surface area contributed by atoms with Crippen LogP contribution in [0.1, 0.15) is 31.2 Å². The maximum Gasteiger partial charge on any atom is 0.335 e. The molecule has 36 heavy (non-hydrogen) atoms. The number of carboxylic acids is 1. The number of non-ortho nitro benzene ring substituents is 1. The number of thiophene rings is 1. The number of nitrogens with zero attached hydrogens (tertiary/aromatic N) is 2. The SMILES string of the molecule is COc1cc(/C=N\NC(=O)c2cc3cc([N+](=O)[O-])ccc3s2)ccc1OCc1ccc(C(=O)O)cc1. The Morgan fingerprint density at radius 1 is 1.08 bits per heavy atom. The van der Waals surface area contributed by atoms with Crippen molar-refractivity contribution in [1.82, 2.24) is 5.43 Å². The number of hydrogen-bond donors (Lipinski definition) is 2. The van der Waals surface area contributed by atoms with E-state index < -0.39 is 16.8 Å². The Morgan fingerprint density at radius 3 is 2.56 bits per heavy atom. The molecule has 0 saturated heterocycles. The first kappa shape index (κ1) is 24.4. The molecule has 0 atom stereocenters. The Kier molecular flexibility index (Phi) is 7.21. The van der Waals surface area contributed by atoms with Crippen LogP contribution in [0.5, 0.6) is 11.5 Å². The summed E-state index contributed by atoms with van der Waals surface area (Å²) in [4.78, 5) is 34.2. The lowest BCUT2D eigenvalue weighted by Gasteiger charge is -2.11. The molecule has 182 valence electrons. The summed E-state index contributed by atoms with van der Waals surface area (Å²) in [6, 6.07) is 17.5. The van der Waals surface area contributed by atoms with Gasteiger partial charge in [0.05, 0.1) is 28.7 Å². The molecule has 1 heterocycles. The number of aromatic carboxylic acids is 1. The van der Waals surface area contributed by atoms with Crippen LogP contribution in [0.4, 0.5) is 5.69 Å². The van der Waals surface area contributed by atoms with Gasteiger partial charge in [0.25, 0.3) is 11.6 Å². The van der Waals surface area contributed by atoms with Gasteiger partial charge in [-0.05, 0) is 53.6 Å². The topological polar surface area (TPSA) is 140 Å². The average molecular weight is 506 g/mol. The summed E-state index contributed by atoms with van der Waals surface area (Å²) in [6.07, 6.45) is 1.45. The van der Waals surface area contributed by atoms with Crippen LogP contribution >= 0.6 is 11.3 Å². The van der Waals surface area contributed by atoms with Crippen molar-refractivity contribution in [2.24, 2.45) is 5.10 Å². The Hall–Kier alpha value is -4.77. The van der Waals surface area contributed by atoms with Gasteiger partial charge in [-0.15, -0.1) is 11.3 Å². The van der Waals surface area contributed by atoms with Crippen LogP contribution in [-0.4, -0.2) is 35.2 Å². The maximum atomic E-state index is 12.5. The van der Waals surface area contributed by atoms with Crippen LogP contribution in [0.2, 0.25) is 0 Å². The second-order valence-electron chi connectivity index (χ2n) is 7.49. The van der Waals surface area contributed by atoms with Crippen molar-refractivity contribution in [3.63, 3.8) is 0 Å². The van der Waals surface area contributed by atoms with E-state index in [0.29, 0.717) is 27.3 Å². The molecule has 3 aromatic carbocycles. The van der Waals surface area contributed by atoms with E-state index in [1.165, 1.54) is 48.9 Å². The molecule has 0 saturated carbocycles. The zero-order chi connectivity index (χ0) is 25.7. The van der Waals surface area contributed by atoms with Crippen LogP contribution in [0.15, 0.2) is 71.8 Å². The molecule has 4 aromatic rings. The Balaban J connectivity index is 1.38. The highest BCUT2D eigenvalue weighted by Crippen LogP contribution is 2.30. The van der Waals surface area contributed by atoms with Gasteiger partial charge in [-0.3, -0.25) is 14.9 Å². The lowest BCUT2D eigenvalue weighted by atomic mass is 10.1. The smallest absolute Gasteiger partial charge is 0.335 e. The van der Waals surface area contributed by atoms with E-state index >= 15 is 0 Å². The van der Waals surface area contributed by atoms with E-state index in [2.05, 4.69) is 10.5 Å². The fourth-order valence-electron chi connectivity index (χ4n) is 3.27. The van der Waals surface area contributed by atoms with E-state index in [1.54, 1.807) is 42.5 Å². The highest BCUT2D eigenvalue weighted by molar-refractivity contribution is 7.20. The van der Waals surface area contributed by atoms with Gasteiger partial charge in [0, 0.05) is 22.2 Å². The standard InChI is InChI=1S/C25H19N3O7S/c1-34-21-10-16(4-8-20(21)35-14-15-2-5-17(6-3-15)25(30)31)13-26-27-24(29)23-12-18-11-19(28(32)33)7-9-22(18)36-23/h2-13H,14H2,1H3,(H,27,29)(H,30,31)/b26-13-. The third kappa shape index (κ3) is 5.65. The van der Waals surface area contributed by atoms with Crippen LogP contribution in [0.3, 0.4) is 0 Å². The molecule has 0 bridgehead atoms. The zero-order valence-electron chi connectivity index (χ0n) is 18.8. The summed E-state index contributed by atoms with van der Waals surface area (Å²) >= 11 is 1.21. The molecule has 0 aliphatic carbocycles. The summed E-state index contributed by atoms with van der Waals surface area (Å²) in [5.74, 6) is -0.484. The van der Waals surface area contributed by atoms with Crippen LogP contribution in [0, 0.1) is 10.1 Å². The summed E-state index contributed by atoms with van der Waals surface area (Å²) in [5, 5.41) is 24.5. The number of fused-ring (bicyclic) bond motifs is 1. The number of carbonyl (C=O) groups excluding carboxylic acids is 1. The third-order valence-electron chi connectivity index (χ3n) is 5.10. The van der Waals surface area contributed by atoms with Gasteiger partial charge in [0.15, 0.2) is 11.5 Å². The van der Waals surface area contributed by atoms with E-state index in [9.17, 15) is 19.7 Å². The highest BCUT2D eigenvalue weighted by Gasteiger charge is 2.13. The van der Waals surface area contributed by atoms with E-state index in [4.69, 9.17) is 14.6 Å². The van der Waals surface area contributed by atoms with Gasteiger partial charge in [0.1, 0.15) is 6.61 Å². The van der Waals surface area contributed by atoms with Crippen LogP contribution < -0.4 is 14.9 Å². The van der Waals surface area contributed by atoms with Crippen molar-refractivity contribution in [3.8, 4) is 11.5 Å². The third-order valence-corrected chi connectivity index (χ3v) is 6.21. The van der Waals surface area contributed by atoms with Gasteiger partial charge in [-0.2, -0.15) is 5.10 Å². The van der Waals surface area contributed by atoms with E-state index in [0.717, 1.165) is 10.3 Å². The first-order valence-electron chi connectivity index (χ1n) is 10.5. The van der Waals surface area contributed by atoms with Crippen molar-refractivity contribution in [3.05, 3.63) is 98.4 Å². The fraction of sp³-hybridized carbons (Fsp3) is 0.0800. The first-order valence-corrected chi connectivity index (χ1v) is 11.3. The van der Waals surface area contributed by atoms with Crippen LogP contribution in [0.25, 0.3) is 10.1 Å². The molecule has 10 nitrogen and oxygen atoms in total. The number of carbonyl (C=O) groups is 2. The molecule has 1 amide bonds. The minimum absolute atomic E-state index is 0.0391. The normalized spacial score (nSPS) is 10.9. The number of nitrogens with one attached hydrogen (secondary N) is 1. The lowest BCUT2D eigenvalue weighted by molar-refractivity contribution is -0.384. The fourth-order valence-corrected chi connectivity index (χ4v) is 4.20. The molecule has 2 N–H and O–H groups in total. The molecule has 0 aliphatic rings. The Bertz CT molecular complexity index is 1480. The van der Waals surface area contributed by atoms with Crippen LogP contribution in [-0.2, 0) is 6.61 Å². The predicted octanol–water partition coefficient (Wildman–Crippen LogP) is 4.86. The molecular formula is C25H19N3O7S. The average Bonchev–Trinajstić information content (AvgIpc) is 3.31. The molecule has 4 rings (SSSR count). The molecule has 11 heteroatoms. The molecular weight excluding hydrogens is 486 g/mol. The van der Waals surface area contributed by atoms with E-state index in [1.807, 2.05) is 0 Å². The van der Waals surface area contributed by atoms with Crippen molar-refractivity contribution in [2.45, 2.75) is 6.61 Å².